The van der Waals surface area contributed by atoms with E-state index in [4.69, 9.17) is 5.73 Å². The zero-order chi connectivity index (χ0) is 10.6. The van der Waals surface area contributed by atoms with E-state index in [0.29, 0.717) is 6.42 Å². The van der Waals surface area contributed by atoms with Crippen LogP contribution < -0.4 is 5.73 Å². The Balaban J connectivity index is 2.63. The number of primary amides is 1. The van der Waals surface area contributed by atoms with Crippen molar-refractivity contribution in [3.05, 3.63) is 35.4 Å². The summed E-state index contributed by atoms with van der Waals surface area (Å²) >= 11 is 0. The summed E-state index contributed by atoms with van der Waals surface area (Å²) < 4.78 is 0. The van der Waals surface area contributed by atoms with Crippen LogP contribution in [0.25, 0.3) is 0 Å². The van der Waals surface area contributed by atoms with E-state index in [9.17, 15) is 4.79 Å². The van der Waals surface area contributed by atoms with E-state index in [2.05, 4.69) is 4.90 Å². The number of nitrogens with two attached hydrogens (primary N) is 1. The second-order valence-electron chi connectivity index (χ2n) is 3.70. The number of hydrogen-bond acceptors (Lipinski definition) is 2. The van der Waals surface area contributed by atoms with Crippen molar-refractivity contribution in [1.82, 2.24) is 4.90 Å². The normalized spacial score (nSPS) is 10.5. The predicted octanol–water partition coefficient (Wildman–Crippen LogP) is 0.776. The summed E-state index contributed by atoms with van der Waals surface area (Å²) in [6.45, 7) is 0.914. The maximum Gasteiger partial charge on any atom is 0.221 e. The summed E-state index contributed by atoms with van der Waals surface area (Å²) in [5.74, 6) is -0.287. The van der Waals surface area contributed by atoms with Gasteiger partial charge in [-0.15, -0.1) is 0 Å². The lowest BCUT2D eigenvalue weighted by atomic mass is 10.1. The monoisotopic (exact) mass is 192 g/mol. The summed E-state index contributed by atoms with van der Waals surface area (Å²) in [4.78, 5) is 12.7. The summed E-state index contributed by atoms with van der Waals surface area (Å²) in [7, 11) is 4.05. The van der Waals surface area contributed by atoms with Crippen molar-refractivity contribution in [2.24, 2.45) is 5.73 Å². The fourth-order valence-electron chi connectivity index (χ4n) is 1.33. The van der Waals surface area contributed by atoms with Gasteiger partial charge in [-0.2, -0.15) is 0 Å². The van der Waals surface area contributed by atoms with Gasteiger partial charge in [0.1, 0.15) is 0 Å². The van der Waals surface area contributed by atoms with Crippen molar-refractivity contribution >= 4 is 5.91 Å². The molecule has 0 saturated carbocycles. The quantitative estimate of drug-likeness (QED) is 0.766. The second kappa shape index (κ2) is 4.77. The summed E-state index contributed by atoms with van der Waals surface area (Å²) in [5.41, 5.74) is 7.31. The van der Waals surface area contributed by atoms with Gasteiger partial charge in [0.25, 0.3) is 0 Å². The van der Waals surface area contributed by atoms with Gasteiger partial charge in [-0.1, -0.05) is 24.3 Å². The molecule has 0 unspecified atom stereocenters. The Hall–Kier alpha value is -1.35. The van der Waals surface area contributed by atoms with Gasteiger partial charge in [-0.3, -0.25) is 4.79 Å². The fourth-order valence-corrected chi connectivity index (χ4v) is 1.33. The minimum Gasteiger partial charge on any atom is -0.369 e. The molecule has 0 aliphatic rings. The van der Waals surface area contributed by atoms with E-state index in [0.717, 1.165) is 12.1 Å². The maximum atomic E-state index is 10.6. The summed E-state index contributed by atoms with van der Waals surface area (Å²) in [6.07, 6.45) is 0.322. The molecule has 0 atom stereocenters. The van der Waals surface area contributed by atoms with Crippen LogP contribution in [0.4, 0.5) is 0 Å². The molecule has 0 aliphatic heterocycles. The van der Waals surface area contributed by atoms with E-state index in [1.165, 1.54) is 5.56 Å². The highest BCUT2D eigenvalue weighted by Crippen LogP contribution is 2.06. The van der Waals surface area contributed by atoms with E-state index in [-0.39, 0.29) is 5.91 Å². The standard InChI is InChI=1S/C11H16N2O/c1-13(2)8-10-5-3-9(4-6-10)7-11(12)14/h3-6H,7-8H2,1-2H3,(H2,12,14). The molecule has 3 nitrogen and oxygen atoms in total. The van der Waals surface area contributed by atoms with Crippen molar-refractivity contribution in [2.75, 3.05) is 14.1 Å². The average molecular weight is 192 g/mol. The van der Waals surface area contributed by atoms with Gasteiger partial charge >= 0.3 is 0 Å². The number of rotatable bonds is 4. The third-order valence-corrected chi connectivity index (χ3v) is 1.90. The van der Waals surface area contributed by atoms with Gasteiger partial charge in [0.15, 0.2) is 0 Å². The number of amides is 1. The van der Waals surface area contributed by atoms with E-state index in [1.807, 2.05) is 38.4 Å². The molecule has 1 rings (SSSR count). The number of nitrogens with zero attached hydrogens (tertiary/aromatic N) is 1. The minimum absolute atomic E-state index is 0.287. The molecule has 0 fully saturated rings. The first-order valence-corrected chi connectivity index (χ1v) is 4.59. The van der Waals surface area contributed by atoms with Crippen molar-refractivity contribution in [2.45, 2.75) is 13.0 Å². The molecule has 0 heterocycles. The molecule has 0 aromatic heterocycles. The van der Waals surface area contributed by atoms with Gasteiger partial charge in [-0.25, -0.2) is 0 Å². The Morgan fingerprint density at radius 3 is 2.14 bits per heavy atom. The first kappa shape index (κ1) is 10.7. The van der Waals surface area contributed by atoms with Crippen molar-refractivity contribution in [3.8, 4) is 0 Å². The van der Waals surface area contributed by atoms with Crippen LogP contribution in [-0.4, -0.2) is 24.9 Å². The van der Waals surface area contributed by atoms with Crippen LogP contribution in [0.5, 0.6) is 0 Å². The van der Waals surface area contributed by atoms with Crippen LogP contribution in [0.2, 0.25) is 0 Å². The molecule has 14 heavy (non-hydrogen) atoms. The summed E-state index contributed by atoms with van der Waals surface area (Å²) in [5, 5.41) is 0. The second-order valence-corrected chi connectivity index (χ2v) is 3.70. The van der Waals surface area contributed by atoms with Crippen molar-refractivity contribution in [3.63, 3.8) is 0 Å². The molecule has 0 spiro atoms. The van der Waals surface area contributed by atoms with Crippen LogP contribution >= 0.6 is 0 Å². The third kappa shape index (κ3) is 3.58. The smallest absolute Gasteiger partial charge is 0.221 e. The topological polar surface area (TPSA) is 46.3 Å². The molecule has 3 heteroatoms. The van der Waals surface area contributed by atoms with Crippen molar-refractivity contribution in [1.29, 1.82) is 0 Å². The Morgan fingerprint density at radius 2 is 1.71 bits per heavy atom. The highest BCUT2D eigenvalue weighted by molar-refractivity contribution is 5.76. The summed E-state index contributed by atoms with van der Waals surface area (Å²) in [6, 6.07) is 7.95. The van der Waals surface area contributed by atoms with Crippen LogP contribution in [0.3, 0.4) is 0 Å². The van der Waals surface area contributed by atoms with Crippen molar-refractivity contribution < 1.29 is 4.79 Å². The molecule has 2 N–H and O–H groups in total. The fraction of sp³-hybridized carbons (Fsp3) is 0.364. The van der Waals surface area contributed by atoms with Gasteiger partial charge in [0.2, 0.25) is 5.91 Å². The highest BCUT2D eigenvalue weighted by Gasteiger charge is 1.99. The zero-order valence-corrected chi connectivity index (χ0v) is 8.66. The number of benzene rings is 1. The zero-order valence-electron chi connectivity index (χ0n) is 8.66. The van der Waals surface area contributed by atoms with Crippen LogP contribution in [0.1, 0.15) is 11.1 Å². The molecule has 76 valence electrons. The Labute approximate surface area is 84.5 Å². The van der Waals surface area contributed by atoms with E-state index >= 15 is 0 Å². The molecule has 0 saturated heterocycles. The molecular formula is C11H16N2O. The predicted molar refractivity (Wildman–Crippen MR) is 56.7 cm³/mol. The first-order chi connectivity index (χ1) is 6.58. The average Bonchev–Trinajstić information content (AvgIpc) is 2.06. The number of carbonyl (C=O) groups is 1. The molecular weight excluding hydrogens is 176 g/mol. The Bertz CT molecular complexity index is 304. The largest absolute Gasteiger partial charge is 0.369 e. The minimum atomic E-state index is -0.287. The molecule has 0 bridgehead atoms. The molecule has 0 aliphatic carbocycles. The van der Waals surface area contributed by atoms with E-state index < -0.39 is 0 Å². The van der Waals surface area contributed by atoms with Gasteiger partial charge in [0, 0.05) is 6.54 Å². The third-order valence-electron chi connectivity index (χ3n) is 1.90. The molecule has 1 aromatic rings. The molecule has 1 aromatic carbocycles. The van der Waals surface area contributed by atoms with Crippen LogP contribution in [0.15, 0.2) is 24.3 Å². The Kier molecular flexibility index (Phi) is 3.65. The van der Waals surface area contributed by atoms with Gasteiger partial charge in [0.05, 0.1) is 6.42 Å². The van der Waals surface area contributed by atoms with E-state index in [1.54, 1.807) is 0 Å². The lowest BCUT2D eigenvalue weighted by Crippen LogP contribution is -2.14. The van der Waals surface area contributed by atoms with Gasteiger partial charge < -0.3 is 10.6 Å². The SMILES string of the molecule is CN(C)Cc1ccc(CC(N)=O)cc1. The number of hydrogen-bond donors (Lipinski definition) is 1. The Morgan fingerprint density at radius 1 is 1.21 bits per heavy atom. The highest BCUT2D eigenvalue weighted by atomic mass is 16.1. The molecule has 0 radical (unpaired) electrons. The molecule has 1 amide bonds. The lowest BCUT2D eigenvalue weighted by molar-refractivity contribution is -0.117. The van der Waals surface area contributed by atoms with Crippen LogP contribution in [-0.2, 0) is 17.8 Å². The number of carbonyl (C=O) groups excluding carboxylic acids is 1. The first-order valence-electron chi connectivity index (χ1n) is 4.59. The van der Waals surface area contributed by atoms with Gasteiger partial charge in [-0.05, 0) is 25.2 Å². The lowest BCUT2D eigenvalue weighted by Gasteiger charge is -2.09. The maximum absolute atomic E-state index is 10.6. The van der Waals surface area contributed by atoms with Crippen LogP contribution in [0, 0.1) is 0 Å².